The van der Waals surface area contributed by atoms with Crippen molar-refractivity contribution in [1.29, 1.82) is 0 Å². The molecule has 0 fully saturated rings. The monoisotopic (exact) mass is 214 g/mol. The molecule has 0 unspecified atom stereocenters. The van der Waals surface area contributed by atoms with E-state index in [1.165, 1.54) is 0 Å². The first-order valence-electron chi connectivity index (χ1n) is 3.48. The second-order valence-corrected chi connectivity index (χ2v) is 1.89. The molecule has 4 nitrogen and oxygen atoms in total. The van der Waals surface area contributed by atoms with Gasteiger partial charge in [0.15, 0.2) is 0 Å². The van der Waals surface area contributed by atoms with Crippen LogP contribution in [0.3, 0.4) is 0 Å². The zero-order valence-corrected chi connectivity index (χ0v) is 11.1. The molecule has 0 saturated carbocycles. The van der Waals surface area contributed by atoms with Crippen molar-refractivity contribution in [2.75, 3.05) is 0 Å². The molecule has 0 aliphatic carbocycles. The van der Waals surface area contributed by atoms with E-state index >= 15 is 0 Å². The van der Waals surface area contributed by atoms with E-state index in [4.69, 9.17) is 10.2 Å². The average Bonchev–Trinajstić information content (AvgIpc) is 1.89. The Bertz CT molecular complexity index is 141. The van der Waals surface area contributed by atoms with Crippen molar-refractivity contribution in [2.45, 2.75) is 33.1 Å². The van der Waals surface area contributed by atoms with E-state index < -0.39 is 11.9 Å². The summed E-state index contributed by atoms with van der Waals surface area (Å²) in [6.45, 7) is 3.44. The molecule has 2 N–H and O–H groups in total. The van der Waals surface area contributed by atoms with Crippen molar-refractivity contribution in [2.24, 2.45) is 0 Å². The predicted molar refractivity (Wildman–Crippen MR) is 56.4 cm³/mol. The topological polar surface area (TPSA) is 74.6 Å². The van der Waals surface area contributed by atoms with Gasteiger partial charge in [0.25, 0.3) is 0 Å². The van der Waals surface area contributed by atoms with Crippen molar-refractivity contribution in [1.82, 2.24) is 0 Å². The zero-order valence-electron chi connectivity index (χ0n) is 12.2. The van der Waals surface area contributed by atoms with Crippen molar-refractivity contribution in [3.8, 4) is 0 Å². The van der Waals surface area contributed by atoms with Gasteiger partial charge in [-0.15, -0.1) is 0 Å². The normalized spacial score (nSPS) is 6.62. The van der Waals surface area contributed by atoms with Gasteiger partial charge in [-0.1, -0.05) is 13.8 Å². The van der Waals surface area contributed by atoms with Crippen LogP contribution in [0.5, 0.6) is 0 Å². The Morgan fingerprint density at radius 2 is 1.38 bits per heavy atom. The summed E-state index contributed by atoms with van der Waals surface area (Å²) in [7, 11) is 0. The van der Waals surface area contributed by atoms with Gasteiger partial charge in [-0.25, -0.2) is 0 Å². The fourth-order valence-corrected chi connectivity index (χ4v) is 0.214. The molecule has 0 aromatic carbocycles. The number of carboxylic acids is 2. The largest absolute Gasteiger partial charge is 2.00 e. The maximum atomic E-state index is 9.60. The minimum atomic E-state index is -0.745. The molecule has 0 amide bonds. The Morgan fingerprint density at radius 1 is 1.08 bits per heavy atom. The minimum absolute atomic E-state index is 0. The van der Waals surface area contributed by atoms with E-state index in [1.54, 1.807) is 6.92 Å². The first kappa shape index (κ1) is 23.4. The third-order valence-electron chi connectivity index (χ3n) is 0.766. The molecule has 0 bridgehead atoms. The second-order valence-electron chi connectivity index (χ2n) is 1.89. The number of hydrogen-bond acceptors (Lipinski definition) is 2. The average molecular weight is 215 g/mol. The van der Waals surface area contributed by atoms with E-state index in [0.717, 1.165) is 6.42 Å². The molecule has 0 spiro atoms. The van der Waals surface area contributed by atoms with Gasteiger partial charge in [0, 0.05) is 12.8 Å². The van der Waals surface area contributed by atoms with Crippen LogP contribution in [0.25, 0.3) is 0 Å². The summed E-state index contributed by atoms with van der Waals surface area (Å²) in [5, 5.41) is 15.6. The van der Waals surface area contributed by atoms with Crippen molar-refractivity contribution in [3.63, 3.8) is 0 Å². The van der Waals surface area contributed by atoms with Crippen molar-refractivity contribution >= 4 is 58.0 Å². The Balaban J connectivity index is -0.0000000118. The first-order chi connectivity index (χ1) is 5.04. The molecule has 0 atom stereocenters. The first-order valence-corrected chi connectivity index (χ1v) is 3.48. The van der Waals surface area contributed by atoms with Crippen LogP contribution in [-0.2, 0) is 9.59 Å². The summed E-state index contributed by atoms with van der Waals surface area (Å²) < 4.78 is 0. The number of carboxylic acid groups (broad SMARTS) is 2. The molecule has 0 saturated heterocycles. The molecular formula is C7H18Mg2O4. The fourth-order valence-electron chi connectivity index (χ4n) is 0.214. The van der Waals surface area contributed by atoms with E-state index in [2.05, 4.69) is 0 Å². The standard InChI is InChI=1S/C4H8O2.C3H6O2.2Mg.4H/c1-2-3-4(5)6;1-2-3(4)5;;;;;;/h2-3H2,1H3,(H,5,6);2H2,1H3,(H,4,5);;;;;;/q;;2*+2;4*-1. The predicted octanol–water partition coefficient (Wildman–Crippen LogP) is 1.04. The van der Waals surface area contributed by atoms with Crippen LogP contribution < -0.4 is 0 Å². The van der Waals surface area contributed by atoms with Crippen LogP contribution in [0.4, 0.5) is 0 Å². The molecule has 0 aliphatic rings. The quantitative estimate of drug-likeness (QED) is 0.689. The second kappa shape index (κ2) is 18.3. The molecule has 0 aliphatic heterocycles. The smallest absolute Gasteiger partial charge is 1.00 e. The third-order valence-corrected chi connectivity index (χ3v) is 0.766. The SMILES string of the molecule is CCC(=O)O.CCCC(=O)O.[H-].[H-].[H-].[H-].[Mg+2].[Mg+2]. The molecule has 0 radical (unpaired) electrons. The Labute approximate surface area is 116 Å². The fraction of sp³-hybridized carbons (Fsp3) is 0.714. The van der Waals surface area contributed by atoms with Gasteiger partial charge in [0.2, 0.25) is 0 Å². The van der Waals surface area contributed by atoms with Gasteiger partial charge in [-0.05, 0) is 6.42 Å². The summed E-state index contributed by atoms with van der Waals surface area (Å²) in [5.41, 5.74) is 0. The van der Waals surface area contributed by atoms with Gasteiger partial charge in [-0.3, -0.25) is 9.59 Å². The van der Waals surface area contributed by atoms with Crippen molar-refractivity contribution in [3.05, 3.63) is 0 Å². The van der Waals surface area contributed by atoms with Crippen LogP contribution >= 0.6 is 0 Å². The van der Waals surface area contributed by atoms with E-state index in [1.807, 2.05) is 6.92 Å². The van der Waals surface area contributed by atoms with E-state index in [-0.39, 0.29) is 58.2 Å². The van der Waals surface area contributed by atoms with Crippen LogP contribution in [0.2, 0.25) is 0 Å². The van der Waals surface area contributed by atoms with E-state index in [9.17, 15) is 9.59 Å². The number of hydrogen-bond donors (Lipinski definition) is 2. The summed E-state index contributed by atoms with van der Waals surface area (Å²) in [4.78, 5) is 19.0. The molecule has 0 heterocycles. The molecule has 74 valence electrons. The number of carbonyl (C=O) groups is 2. The molecule has 0 rings (SSSR count). The van der Waals surface area contributed by atoms with E-state index in [0.29, 0.717) is 6.42 Å². The summed E-state index contributed by atoms with van der Waals surface area (Å²) in [6, 6.07) is 0. The third kappa shape index (κ3) is 45.7. The minimum Gasteiger partial charge on any atom is -1.00 e. The number of rotatable bonds is 3. The summed E-state index contributed by atoms with van der Waals surface area (Å²) in [6.07, 6.45) is 1.25. The Kier molecular flexibility index (Phi) is 32.9. The summed E-state index contributed by atoms with van der Waals surface area (Å²) >= 11 is 0. The van der Waals surface area contributed by atoms with Crippen LogP contribution in [0.15, 0.2) is 0 Å². The van der Waals surface area contributed by atoms with Gasteiger partial charge < -0.3 is 15.9 Å². The maximum Gasteiger partial charge on any atom is 2.00 e. The summed E-state index contributed by atoms with van der Waals surface area (Å²) in [5.74, 6) is -1.46. The van der Waals surface area contributed by atoms with Crippen LogP contribution in [0, 0.1) is 0 Å². The van der Waals surface area contributed by atoms with Gasteiger partial charge >= 0.3 is 58.0 Å². The van der Waals surface area contributed by atoms with Crippen LogP contribution in [0.1, 0.15) is 38.8 Å². The van der Waals surface area contributed by atoms with Gasteiger partial charge in [-0.2, -0.15) is 0 Å². The zero-order chi connectivity index (χ0) is 9.28. The Morgan fingerprint density at radius 3 is 1.38 bits per heavy atom. The molecule has 13 heavy (non-hydrogen) atoms. The molecular weight excluding hydrogens is 197 g/mol. The van der Waals surface area contributed by atoms with Gasteiger partial charge in [0.05, 0.1) is 0 Å². The maximum absolute atomic E-state index is 9.60. The molecule has 6 heteroatoms. The molecule has 0 aromatic rings. The molecule has 0 aromatic heterocycles. The Hall–Kier alpha value is 0.472. The number of aliphatic carboxylic acids is 2. The van der Waals surface area contributed by atoms with Crippen molar-refractivity contribution < 1.29 is 25.5 Å². The van der Waals surface area contributed by atoms with Crippen LogP contribution in [-0.4, -0.2) is 68.3 Å². The van der Waals surface area contributed by atoms with Gasteiger partial charge in [0.1, 0.15) is 0 Å².